The fraction of sp³-hybridized carbons (Fsp3) is 0.619. The number of likely N-dealkylation sites (tertiary alicyclic amines) is 2. The summed E-state index contributed by atoms with van der Waals surface area (Å²) in [7, 11) is 0. The van der Waals surface area contributed by atoms with E-state index >= 15 is 0 Å². The van der Waals surface area contributed by atoms with Gasteiger partial charge in [0.1, 0.15) is 18.0 Å². The van der Waals surface area contributed by atoms with Gasteiger partial charge in [0.05, 0.1) is 11.6 Å². The third-order valence-electron chi connectivity index (χ3n) is 4.97. The molecule has 146 valence electrons. The minimum Gasteiger partial charge on any atom is -0.492 e. The second-order valence-corrected chi connectivity index (χ2v) is 8.60. The van der Waals surface area contributed by atoms with Crippen LogP contribution >= 0.6 is 0 Å². The van der Waals surface area contributed by atoms with Crippen molar-refractivity contribution in [2.75, 3.05) is 39.3 Å². The maximum atomic E-state index is 12.4. The smallest absolute Gasteiger partial charge is 0.410 e. The highest BCUT2D eigenvalue weighted by Crippen LogP contribution is 2.29. The van der Waals surface area contributed by atoms with Crippen molar-refractivity contribution in [3.63, 3.8) is 0 Å². The standard InChI is InChI=1S/C21H29N3O3/c1-21(2,3)27-20(25)24-14-17-10-18(15-24)13-23(12-17)8-9-26-19-6-4-16(11-22)5-7-19/h4-7,17-18H,8-10,12-15H2,1-3H3. The number of amides is 1. The first-order valence-corrected chi connectivity index (χ1v) is 9.65. The Morgan fingerprint density at radius 2 is 1.78 bits per heavy atom. The van der Waals surface area contributed by atoms with E-state index in [1.54, 1.807) is 12.1 Å². The van der Waals surface area contributed by atoms with Crippen LogP contribution in [0.5, 0.6) is 5.75 Å². The molecule has 1 amide bonds. The van der Waals surface area contributed by atoms with E-state index in [0.717, 1.165) is 38.5 Å². The van der Waals surface area contributed by atoms with Crippen LogP contribution in [0.25, 0.3) is 0 Å². The first-order valence-electron chi connectivity index (χ1n) is 9.65. The minimum absolute atomic E-state index is 0.185. The molecule has 0 radical (unpaired) electrons. The van der Waals surface area contributed by atoms with Gasteiger partial charge in [0.25, 0.3) is 0 Å². The largest absolute Gasteiger partial charge is 0.492 e. The Kier molecular flexibility index (Phi) is 5.91. The van der Waals surface area contributed by atoms with Gasteiger partial charge in [-0.3, -0.25) is 4.90 Å². The van der Waals surface area contributed by atoms with Crippen molar-refractivity contribution in [3.8, 4) is 11.8 Å². The molecule has 2 aliphatic rings. The lowest BCUT2D eigenvalue weighted by Crippen LogP contribution is -2.55. The molecule has 1 aromatic rings. The van der Waals surface area contributed by atoms with E-state index in [1.165, 1.54) is 6.42 Å². The second kappa shape index (κ2) is 8.18. The van der Waals surface area contributed by atoms with Crippen LogP contribution in [0.3, 0.4) is 0 Å². The Labute approximate surface area is 161 Å². The molecule has 2 unspecified atom stereocenters. The molecule has 3 rings (SSSR count). The highest BCUT2D eigenvalue weighted by Gasteiger charge is 2.37. The quantitative estimate of drug-likeness (QED) is 0.813. The van der Waals surface area contributed by atoms with Gasteiger partial charge in [-0.2, -0.15) is 5.26 Å². The third-order valence-corrected chi connectivity index (χ3v) is 4.97. The monoisotopic (exact) mass is 371 g/mol. The summed E-state index contributed by atoms with van der Waals surface area (Å²) in [5.74, 6) is 1.79. The van der Waals surface area contributed by atoms with Crippen LogP contribution in [0, 0.1) is 23.2 Å². The summed E-state index contributed by atoms with van der Waals surface area (Å²) in [5, 5.41) is 8.83. The number of benzene rings is 1. The highest BCUT2D eigenvalue weighted by molar-refractivity contribution is 5.68. The number of ether oxygens (including phenoxy) is 2. The summed E-state index contributed by atoms with van der Waals surface area (Å²) in [4.78, 5) is 16.7. The molecule has 2 aliphatic heterocycles. The number of fused-ring (bicyclic) bond motifs is 2. The number of carbonyl (C=O) groups excluding carboxylic acids is 1. The average Bonchev–Trinajstić information content (AvgIpc) is 2.60. The maximum Gasteiger partial charge on any atom is 0.410 e. The van der Waals surface area contributed by atoms with Crippen molar-refractivity contribution in [3.05, 3.63) is 29.8 Å². The van der Waals surface area contributed by atoms with Crippen molar-refractivity contribution < 1.29 is 14.3 Å². The normalized spacial score (nSPS) is 22.8. The van der Waals surface area contributed by atoms with Crippen molar-refractivity contribution in [1.82, 2.24) is 9.80 Å². The van der Waals surface area contributed by atoms with E-state index in [4.69, 9.17) is 14.7 Å². The first kappa shape index (κ1) is 19.5. The molecule has 2 atom stereocenters. The van der Waals surface area contributed by atoms with Gasteiger partial charge in [-0.15, -0.1) is 0 Å². The molecule has 2 heterocycles. The lowest BCUT2D eigenvalue weighted by Gasteiger charge is -2.45. The van der Waals surface area contributed by atoms with Crippen LogP contribution in [-0.4, -0.2) is 60.8 Å². The summed E-state index contributed by atoms with van der Waals surface area (Å²) < 4.78 is 11.3. The number of rotatable bonds is 4. The Morgan fingerprint density at radius 3 is 2.33 bits per heavy atom. The minimum atomic E-state index is -0.446. The average molecular weight is 371 g/mol. The molecule has 1 aromatic carbocycles. The molecule has 2 bridgehead atoms. The first-order chi connectivity index (χ1) is 12.8. The number of hydrogen-bond acceptors (Lipinski definition) is 5. The van der Waals surface area contributed by atoms with Gasteiger partial charge in [0.15, 0.2) is 0 Å². The summed E-state index contributed by atoms with van der Waals surface area (Å²) >= 11 is 0. The van der Waals surface area contributed by atoms with Gasteiger partial charge in [-0.25, -0.2) is 4.79 Å². The fourth-order valence-electron chi connectivity index (χ4n) is 3.96. The molecule has 0 spiro atoms. The molecule has 0 aromatic heterocycles. The van der Waals surface area contributed by atoms with Crippen molar-refractivity contribution in [2.45, 2.75) is 32.8 Å². The van der Waals surface area contributed by atoms with Crippen LogP contribution in [0.1, 0.15) is 32.8 Å². The van der Waals surface area contributed by atoms with Crippen molar-refractivity contribution in [1.29, 1.82) is 5.26 Å². The lowest BCUT2D eigenvalue weighted by atomic mass is 9.85. The van der Waals surface area contributed by atoms with E-state index in [9.17, 15) is 4.79 Å². The predicted octanol–water partition coefficient (Wildman–Crippen LogP) is 3.13. The predicted molar refractivity (Wildman–Crippen MR) is 102 cm³/mol. The van der Waals surface area contributed by atoms with E-state index in [1.807, 2.05) is 37.8 Å². The zero-order chi connectivity index (χ0) is 19.4. The van der Waals surface area contributed by atoms with Crippen molar-refractivity contribution >= 4 is 6.09 Å². The van der Waals surface area contributed by atoms with Crippen LogP contribution in [-0.2, 0) is 4.74 Å². The van der Waals surface area contributed by atoms with Crippen LogP contribution in [0.15, 0.2) is 24.3 Å². The van der Waals surface area contributed by atoms with E-state index in [-0.39, 0.29) is 6.09 Å². The third kappa shape index (κ3) is 5.61. The Balaban J connectivity index is 1.44. The Hall–Kier alpha value is -2.26. The summed E-state index contributed by atoms with van der Waals surface area (Å²) in [5.41, 5.74) is 0.194. The molecule has 2 fully saturated rings. The lowest BCUT2D eigenvalue weighted by molar-refractivity contribution is -0.0110. The number of nitriles is 1. The molecule has 2 saturated heterocycles. The number of hydrogen-bond donors (Lipinski definition) is 0. The highest BCUT2D eigenvalue weighted by atomic mass is 16.6. The van der Waals surface area contributed by atoms with E-state index < -0.39 is 5.60 Å². The maximum absolute atomic E-state index is 12.4. The molecule has 0 saturated carbocycles. The molecule has 6 nitrogen and oxygen atoms in total. The van der Waals surface area contributed by atoms with Crippen LogP contribution < -0.4 is 4.74 Å². The Bertz CT molecular complexity index is 676. The summed E-state index contributed by atoms with van der Waals surface area (Å²) in [6.07, 6.45) is 1.00. The fourth-order valence-corrected chi connectivity index (χ4v) is 3.96. The van der Waals surface area contributed by atoms with Gasteiger partial charge in [-0.1, -0.05) is 0 Å². The number of piperidine rings is 2. The van der Waals surface area contributed by atoms with Gasteiger partial charge >= 0.3 is 6.09 Å². The van der Waals surface area contributed by atoms with Gasteiger partial charge in [0.2, 0.25) is 0 Å². The summed E-state index contributed by atoms with van der Waals surface area (Å²) in [6, 6.07) is 9.32. The zero-order valence-corrected chi connectivity index (χ0v) is 16.5. The van der Waals surface area contributed by atoms with Crippen LogP contribution in [0.4, 0.5) is 4.79 Å². The van der Waals surface area contributed by atoms with Gasteiger partial charge in [-0.05, 0) is 63.3 Å². The number of nitrogens with zero attached hydrogens (tertiary/aromatic N) is 3. The second-order valence-electron chi connectivity index (χ2n) is 8.60. The molecule has 0 N–H and O–H groups in total. The van der Waals surface area contributed by atoms with E-state index in [2.05, 4.69) is 11.0 Å². The Morgan fingerprint density at radius 1 is 1.15 bits per heavy atom. The van der Waals surface area contributed by atoms with Gasteiger partial charge < -0.3 is 14.4 Å². The van der Waals surface area contributed by atoms with Gasteiger partial charge in [0, 0.05) is 32.7 Å². The van der Waals surface area contributed by atoms with Crippen molar-refractivity contribution in [2.24, 2.45) is 11.8 Å². The summed E-state index contributed by atoms with van der Waals surface area (Å²) in [6.45, 7) is 10.8. The topological polar surface area (TPSA) is 65.8 Å². The molecule has 6 heteroatoms. The van der Waals surface area contributed by atoms with Crippen LogP contribution in [0.2, 0.25) is 0 Å². The molecule has 27 heavy (non-hydrogen) atoms. The molecule has 0 aliphatic carbocycles. The molecular weight excluding hydrogens is 342 g/mol. The molecular formula is C21H29N3O3. The zero-order valence-electron chi connectivity index (χ0n) is 16.5. The number of carbonyl (C=O) groups is 1. The van der Waals surface area contributed by atoms with E-state index in [0.29, 0.717) is 24.0 Å². The SMILES string of the molecule is CC(C)(C)OC(=O)N1CC2CC(CN(CCOc3ccc(C#N)cc3)C2)C1.